The Morgan fingerprint density at radius 2 is 2.16 bits per heavy atom. The zero-order valence-corrected chi connectivity index (χ0v) is 10.9. The molecule has 0 aliphatic rings. The molecule has 100 valence electrons. The number of carbonyl (C=O) groups excluding carboxylic acids is 1. The van der Waals surface area contributed by atoms with Gasteiger partial charge < -0.3 is 15.6 Å². The first-order chi connectivity index (χ1) is 9.20. The summed E-state index contributed by atoms with van der Waals surface area (Å²) in [6.45, 7) is 0.401. The van der Waals surface area contributed by atoms with E-state index in [4.69, 9.17) is 5.73 Å². The molecule has 0 saturated heterocycles. The van der Waals surface area contributed by atoms with Gasteiger partial charge >= 0.3 is 0 Å². The highest BCUT2D eigenvalue weighted by atomic mass is 16.2. The van der Waals surface area contributed by atoms with Crippen LogP contribution in [0.4, 0.5) is 0 Å². The Hall–Kier alpha value is -2.14. The van der Waals surface area contributed by atoms with Crippen molar-refractivity contribution in [2.45, 2.75) is 12.5 Å². The highest BCUT2D eigenvalue weighted by Gasteiger charge is 2.15. The third-order valence-electron chi connectivity index (χ3n) is 2.99. The number of benzene rings is 1. The van der Waals surface area contributed by atoms with Crippen molar-refractivity contribution in [3.63, 3.8) is 0 Å². The summed E-state index contributed by atoms with van der Waals surface area (Å²) in [5, 5.41) is 2.93. The molecule has 0 radical (unpaired) electrons. The minimum Gasteiger partial charge on any atom is -0.346 e. The van der Waals surface area contributed by atoms with E-state index in [2.05, 4.69) is 10.3 Å². The highest BCUT2D eigenvalue weighted by Crippen LogP contribution is 2.04. The van der Waals surface area contributed by atoms with Crippen LogP contribution in [0.1, 0.15) is 16.1 Å². The van der Waals surface area contributed by atoms with Crippen LogP contribution in [-0.2, 0) is 13.5 Å². The van der Waals surface area contributed by atoms with E-state index in [9.17, 15) is 4.79 Å². The van der Waals surface area contributed by atoms with Gasteiger partial charge in [0.2, 0.25) is 0 Å². The predicted octanol–water partition coefficient (Wildman–Crippen LogP) is 0.720. The Morgan fingerprint density at radius 3 is 2.74 bits per heavy atom. The molecule has 1 amide bonds. The molecule has 5 heteroatoms. The SMILES string of the molecule is Cn1cncc1C(=O)NC(CN)Cc1ccccc1. The van der Waals surface area contributed by atoms with Gasteiger partial charge in [-0.05, 0) is 12.0 Å². The number of rotatable bonds is 5. The second-order valence-corrected chi connectivity index (χ2v) is 4.49. The zero-order chi connectivity index (χ0) is 13.7. The van der Waals surface area contributed by atoms with Crippen LogP contribution in [0.2, 0.25) is 0 Å². The van der Waals surface area contributed by atoms with Gasteiger partial charge in [-0.15, -0.1) is 0 Å². The van der Waals surface area contributed by atoms with E-state index in [1.807, 2.05) is 30.3 Å². The van der Waals surface area contributed by atoms with Crippen LogP contribution in [0.15, 0.2) is 42.9 Å². The van der Waals surface area contributed by atoms with Gasteiger partial charge in [0.05, 0.1) is 12.5 Å². The molecule has 1 unspecified atom stereocenters. The summed E-state index contributed by atoms with van der Waals surface area (Å²) in [7, 11) is 1.79. The molecule has 2 aromatic rings. The maximum Gasteiger partial charge on any atom is 0.269 e. The van der Waals surface area contributed by atoms with Gasteiger partial charge in [0, 0.05) is 19.6 Å². The first kappa shape index (κ1) is 13.3. The summed E-state index contributed by atoms with van der Waals surface area (Å²) in [5.74, 6) is -0.147. The third kappa shape index (κ3) is 3.42. The number of nitrogens with zero attached hydrogens (tertiary/aromatic N) is 2. The molecule has 1 aromatic carbocycles. The average molecular weight is 258 g/mol. The molecule has 0 saturated carbocycles. The first-order valence-corrected chi connectivity index (χ1v) is 6.22. The maximum absolute atomic E-state index is 12.1. The fraction of sp³-hybridized carbons (Fsp3) is 0.286. The van der Waals surface area contributed by atoms with Gasteiger partial charge in [-0.1, -0.05) is 30.3 Å². The molecular formula is C14H18N4O. The van der Waals surface area contributed by atoms with Crippen LogP contribution in [0.5, 0.6) is 0 Å². The highest BCUT2D eigenvalue weighted by molar-refractivity contribution is 5.92. The fourth-order valence-electron chi connectivity index (χ4n) is 1.93. The van der Waals surface area contributed by atoms with Crippen LogP contribution in [0.25, 0.3) is 0 Å². The number of hydrogen-bond acceptors (Lipinski definition) is 3. The Balaban J connectivity index is 2.00. The summed E-state index contributed by atoms with van der Waals surface area (Å²) < 4.78 is 1.69. The van der Waals surface area contributed by atoms with E-state index in [-0.39, 0.29) is 11.9 Å². The van der Waals surface area contributed by atoms with Crippen LogP contribution < -0.4 is 11.1 Å². The van der Waals surface area contributed by atoms with Gasteiger partial charge in [0.1, 0.15) is 5.69 Å². The van der Waals surface area contributed by atoms with E-state index in [0.29, 0.717) is 12.2 Å². The third-order valence-corrected chi connectivity index (χ3v) is 2.99. The van der Waals surface area contributed by atoms with Crippen molar-refractivity contribution in [1.29, 1.82) is 0 Å². The number of imidazole rings is 1. The van der Waals surface area contributed by atoms with Crippen LogP contribution in [-0.4, -0.2) is 28.0 Å². The van der Waals surface area contributed by atoms with Gasteiger partial charge in [-0.2, -0.15) is 0 Å². The second kappa shape index (κ2) is 6.15. The fourth-order valence-corrected chi connectivity index (χ4v) is 1.93. The molecule has 0 aliphatic carbocycles. The van der Waals surface area contributed by atoms with Crippen molar-refractivity contribution in [3.8, 4) is 0 Å². The van der Waals surface area contributed by atoms with E-state index < -0.39 is 0 Å². The van der Waals surface area contributed by atoms with Gasteiger partial charge in [-0.3, -0.25) is 4.79 Å². The van der Waals surface area contributed by atoms with E-state index in [1.165, 1.54) is 0 Å². The minimum atomic E-state index is -0.147. The Kier molecular flexibility index (Phi) is 4.30. The number of amides is 1. The standard InChI is InChI=1S/C14H18N4O/c1-18-10-16-9-13(18)14(19)17-12(8-15)7-11-5-3-2-4-6-11/h2-6,9-10,12H,7-8,15H2,1H3,(H,17,19). The van der Waals surface area contributed by atoms with Crippen LogP contribution in [0, 0.1) is 0 Å². The van der Waals surface area contributed by atoms with E-state index >= 15 is 0 Å². The van der Waals surface area contributed by atoms with Crippen LogP contribution >= 0.6 is 0 Å². The number of nitrogens with two attached hydrogens (primary N) is 1. The lowest BCUT2D eigenvalue weighted by molar-refractivity contribution is 0.0930. The smallest absolute Gasteiger partial charge is 0.269 e. The molecule has 19 heavy (non-hydrogen) atoms. The van der Waals surface area contributed by atoms with Crippen molar-refractivity contribution in [2.24, 2.45) is 12.8 Å². The zero-order valence-electron chi connectivity index (χ0n) is 10.9. The number of nitrogens with one attached hydrogen (secondary N) is 1. The molecule has 1 aromatic heterocycles. The largest absolute Gasteiger partial charge is 0.346 e. The first-order valence-electron chi connectivity index (χ1n) is 6.22. The maximum atomic E-state index is 12.1. The van der Waals surface area contributed by atoms with Gasteiger partial charge in [0.25, 0.3) is 5.91 Å². The summed E-state index contributed by atoms with van der Waals surface area (Å²) >= 11 is 0. The van der Waals surface area contributed by atoms with Crippen molar-refractivity contribution in [1.82, 2.24) is 14.9 Å². The topological polar surface area (TPSA) is 72.9 Å². The molecule has 5 nitrogen and oxygen atoms in total. The summed E-state index contributed by atoms with van der Waals surface area (Å²) in [6.07, 6.45) is 3.87. The Labute approximate surface area is 112 Å². The Bertz CT molecular complexity index is 535. The van der Waals surface area contributed by atoms with Gasteiger partial charge in [-0.25, -0.2) is 4.98 Å². The Morgan fingerprint density at radius 1 is 1.42 bits per heavy atom. The molecule has 2 rings (SSSR count). The average Bonchev–Trinajstić information content (AvgIpc) is 2.85. The van der Waals surface area contributed by atoms with Crippen molar-refractivity contribution >= 4 is 5.91 Å². The van der Waals surface area contributed by atoms with E-state index in [0.717, 1.165) is 12.0 Å². The quantitative estimate of drug-likeness (QED) is 0.830. The van der Waals surface area contributed by atoms with Crippen molar-refractivity contribution < 1.29 is 4.79 Å². The molecule has 3 N–H and O–H groups in total. The lowest BCUT2D eigenvalue weighted by Gasteiger charge is -2.17. The summed E-state index contributed by atoms with van der Waals surface area (Å²) in [4.78, 5) is 16.0. The molecule has 0 aliphatic heterocycles. The predicted molar refractivity (Wildman–Crippen MR) is 73.7 cm³/mol. The normalized spacial score (nSPS) is 12.1. The number of aryl methyl sites for hydroxylation is 1. The van der Waals surface area contributed by atoms with Crippen molar-refractivity contribution in [3.05, 3.63) is 54.1 Å². The minimum absolute atomic E-state index is 0.0789. The number of hydrogen-bond donors (Lipinski definition) is 2. The monoisotopic (exact) mass is 258 g/mol. The molecule has 1 heterocycles. The summed E-state index contributed by atoms with van der Waals surface area (Å²) in [5.41, 5.74) is 7.41. The van der Waals surface area contributed by atoms with Crippen LogP contribution in [0.3, 0.4) is 0 Å². The second-order valence-electron chi connectivity index (χ2n) is 4.49. The molecular weight excluding hydrogens is 240 g/mol. The lowest BCUT2D eigenvalue weighted by atomic mass is 10.1. The number of aromatic nitrogens is 2. The lowest BCUT2D eigenvalue weighted by Crippen LogP contribution is -2.42. The molecule has 0 spiro atoms. The molecule has 0 bridgehead atoms. The summed E-state index contributed by atoms with van der Waals surface area (Å²) in [6, 6.07) is 9.90. The van der Waals surface area contributed by atoms with Crippen molar-refractivity contribution in [2.75, 3.05) is 6.54 Å². The number of carbonyl (C=O) groups is 1. The molecule has 1 atom stereocenters. The molecule has 0 fully saturated rings. The van der Waals surface area contributed by atoms with Gasteiger partial charge in [0.15, 0.2) is 0 Å². The van der Waals surface area contributed by atoms with E-state index in [1.54, 1.807) is 24.1 Å².